The minimum absolute atomic E-state index is 0.373. The summed E-state index contributed by atoms with van der Waals surface area (Å²) in [7, 11) is 0. The fourth-order valence-corrected chi connectivity index (χ4v) is 8.03. The normalized spacial score (nSPS) is 13.6. The highest BCUT2D eigenvalue weighted by atomic mass is 16.3. The molecule has 0 bridgehead atoms. The van der Waals surface area contributed by atoms with E-state index in [-0.39, 0.29) is 6.61 Å². The first-order chi connectivity index (χ1) is 28.1. The molecule has 4 N–H and O–H groups in total. The molecule has 0 fully saturated rings. The molecule has 0 saturated heterocycles. The number of hydrogen-bond acceptors (Lipinski definition) is 4. The molecule has 0 radical (unpaired) electrons. The van der Waals surface area contributed by atoms with Crippen molar-refractivity contribution in [1.29, 1.82) is 0 Å². The van der Waals surface area contributed by atoms with E-state index in [1.165, 1.54) is 218 Å². The molecule has 0 aromatic heterocycles. The highest BCUT2D eigenvalue weighted by Crippen LogP contribution is 2.17. The van der Waals surface area contributed by atoms with Crippen molar-refractivity contribution in [2.75, 3.05) is 6.61 Å². The molecule has 0 aliphatic carbocycles. The number of aliphatic hydroxyl groups is 3. The van der Waals surface area contributed by atoms with Crippen LogP contribution in [0.3, 0.4) is 0 Å². The van der Waals surface area contributed by atoms with E-state index in [4.69, 9.17) is 0 Å². The fraction of sp³-hybridized carbons (Fsp3) is 0.904. The molecule has 57 heavy (non-hydrogen) atoms. The maximum absolute atomic E-state index is 12.5. The van der Waals surface area contributed by atoms with E-state index in [1.807, 2.05) is 6.08 Å². The molecule has 3 unspecified atom stereocenters. The molecular formula is C52H101NO4. The molecule has 3 atom stereocenters. The zero-order chi connectivity index (χ0) is 41.5. The third-order valence-electron chi connectivity index (χ3n) is 12.0. The minimum Gasteiger partial charge on any atom is -0.394 e. The number of unbranched alkanes of at least 4 members (excludes halogenated alkanes) is 37. The van der Waals surface area contributed by atoms with Gasteiger partial charge in [-0.3, -0.25) is 4.79 Å². The van der Waals surface area contributed by atoms with Gasteiger partial charge < -0.3 is 20.6 Å². The summed E-state index contributed by atoms with van der Waals surface area (Å²) in [6.45, 7) is 4.18. The van der Waals surface area contributed by atoms with Crippen LogP contribution >= 0.6 is 0 Å². The van der Waals surface area contributed by atoms with Crippen molar-refractivity contribution in [1.82, 2.24) is 5.32 Å². The van der Waals surface area contributed by atoms with Crippen LogP contribution in [0.2, 0.25) is 0 Å². The first kappa shape index (κ1) is 55.8. The van der Waals surface area contributed by atoms with Crippen molar-refractivity contribution >= 4 is 5.91 Å². The first-order valence-electron chi connectivity index (χ1n) is 25.7. The predicted octanol–water partition coefficient (Wildman–Crippen LogP) is 15.3. The zero-order valence-corrected chi connectivity index (χ0v) is 38.5. The summed E-state index contributed by atoms with van der Waals surface area (Å²) in [6, 6.07) is -0.810. The lowest BCUT2D eigenvalue weighted by Crippen LogP contribution is -2.48. The predicted molar refractivity (Wildman–Crippen MR) is 250 cm³/mol. The van der Waals surface area contributed by atoms with Gasteiger partial charge in [0.1, 0.15) is 6.10 Å². The standard InChI is InChI=1S/C52H101NO4/c1-3-5-7-9-11-13-15-17-18-19-20-21-22-23-24-25-26-27-28-29-30-31-32-33-35-37-39-41-43-45-47-51(56)52(57)53-49(48-54)50(55)46-44-42-40-38-36-34-16-14-12-10-8-6-4-2/h36,38,44,46,49-51,54-56H,3-35,37,39-43,45,47-48H2,1-2H3,(H,53,57)/b38-36+,46-44+. The second-order valence-electron chi connectivity index (χ2n) is 17.7. The average molecular weight is 804 g/mol. The van der Waals surface area contributed by atoms with Gasteiger partial charge in [-0.1, -0.05) is 269 Å². The van der Waals surface area contributed by atoms with Gasteiger partial charge in [0.05, 0.1) is 18.8 Å². The van der Waals surface area contributed by atoms with E-state index in [2.05, 4.69) is 31.3 Å². The lowest BCUT2D eigenvalue weighted by atomic mass is 10.0. The van der Waals surface area contributed by atoms with Gasteiger partial charge in [-0.15, -0.1) is 0 Å². The Hall–Kier alpha value is -1.17. The molecule has 5 heteroatoms. The number of rotatable bonds is 47. The quantitative estimate of drug-likeness (QED) is 0.0364. The number of carbonyl (C=O) groups excluding carboxylic acids is 1. The maximum atomic E-state index is 12.5. The monoisotopic (exact) mass is 804 g/mol. The Morgan fingerprint density at radius 3 is 1.07 bits per heavy atom. The van der Waals surface area contributed by atoms with Crippen LogP contribution in [-0.4, -0.2) is 46.1 Å². The Bertz CT molecular complexity index is 844. The van der Waals surface area contributed by atoms with E-state index < -0.39 is 24.2 Å². The van der Waals surface area contributed by atoms with Gasteiger partial charge in [-0.2, -0.15) is 0 Å². The Morgan fingerprint density at radius 2 is 0.719 bits per heavy atom. The van der Waals surface area contributed by atoms with Crippen molar-refractivity contribution in [3.8, 4) is 0 Å². The Labute approximate surface area is 356 Å². The van der Waals surface area contributed by atoms with Crippen LogP contribution in [0.25, 0.3) is 0 Å². The number of allylic oxidation sites excluding steroid dienone is 3. The van der Waals surface area contributed by atoms with Gasteiger partial charge in [0.2, 0.25) is 5.91 Å². The molecule has 0 spiro atoms. The lowest BCUT2D eigenvalue weighted by molar-refractivity contribution is -0.131. The van der Waals surface area contributed by atoms with Crippen molar-refractivity contribution in [3.63, 3.8) is 0 Å². The van der Waals surface area contributed by atoms with Crippen LogP contribution in [0.5, 0.6) is 0 Å². The van der Waals surface area contributed by atoms with E-state index in [9.17, 15) is 20.1 Å². The number of hydrogen-bond donors (Lipinski definition) is 4. The van der Waals surface area contributed by atoms with E-state index in [0.29, 0.717) is 6.42 Å². The third kappa shape index (κ3) is 42.8. The van der Waals surface area contributed by atoms with Crippen molar-refractivity contribution in [2.24, 2.45) is 0 Å². The SMILES string of the molecule is CCCCCCCCC/C=C/CC/C=C/C(O)C(CO)NC(=O)C(O)CCCCCCCCCCCCCCCCCCCCCCCCCCCCCCCC. The van der Waals surface area contributed by atoms with Gasteiger partial charge in [0.15, 0.2) is 0 Å². The summed E-state index contributed by atoms with van der Waals surface area (Å²) in [6.07, 6.45) is 59.7. The first-order valence-corrected chi connectivity index (χ1v) is 25.7. The second kappa shape index (κ2) is 47.5. The van der Waals surface area contributed by atoms with Gasteiger partial charge in [0, 0.05) is 0 Å². The van der Waals surface area contributed by atoms with E-state index in [0.717, 1.165) is 38.5 Å². The van der Waals surface area contributed by atoms with Crippen LogP contribution in [0.4, 0.5) is 0 Å². The van der Waals surface area contributed by atoms with Crippen LogP contribution in [0, 0.1) is 0 Å². The van der Waals surface area contributed by atoms with Crippen molar-refractivity contribution in [2.45, 2.75) is 295 Å². The maximum Gasteiger partial charge on any atom is 0.249 e. The number of nitrogens with one attached hydrogen (secondary N) is 1. The van der Waals surface area contributed by atoms with Gasteiger partial charge in [-0.25, -0.2) is 0 Å². The molecule has 0 aromatic rings. The summed E-state index contributed by atoms with van der Waals surface area (Å²) in [5.41, 5.74) is 0. The molecule has 0 aliphatic heterocycles. The van der Waals surface area contributed by atoms with Crippen LogP contribution in [0.1, 0.15) is 277 Å². The zero-order valence-electron chi connectivity index (χ0n) is 38.5. The second-order valence-corrected chi connectivity index (χ2v) is 17.7. The molecule has 0 aliphatic rings. The molecule has 1 amide bonds. The summed E-state index contributed by atoms with van der Waals surface area (Å²) < 4.78 is 0. The Kier molecular flexibility index (Phi) is 46.5. The highest BCUT2D eigenvalue weighted by molar-refractivity contribution is 5.80. The van der Waals surface area contributed by atoms with Gasteiger partial charge in [0.25, 0.3) is 0 Å². The summed E-state index contributed by atoms with van der Waals surface area (Å²) in [5.74, 6) is -0.509. The highest BCUT2D eigenvalue weighted by Gasteiger charge is 2.22. The minimum atomic E-state index is -1.10. The molecule has 0 saturated carbocycles. The number of carbonyl (C=O) groups is 1. The molecule has 338 valence electrons. The average Bonchev–Trinajstić information content (AvgIpc) is 3.22. The number of amides is 1. The molecule has 0 rings (SSSR count). The summed E-state index contributed by atoms with van der Waals surface area (Å²) >= 11 is 0. The molecule has 0 aromatic carbocycles. The van der Waals surface area contributed by atoms with Crippen LogP contribution < -0.4 is 5.32 Å². The summed E-state index contributed by atoms with van der Waals surface area (Å²) in [5, 5.41) is 33.1. The number of aliphatic hydroxyl groups excluding tert-OH is 3. The topological polar surface area (TPSA) is 89.8 Å². The Balaban J connectivity index is 3.51. The van der Waals surface area contributed by atoms with Gasteiger partial charge >= 0.3 is 0 Å². The molecule has 0 heterocycles. The lowest BCUT2D eigenvalue weighted by Gasteiger charge is -2.21. The largest absolute Gasteiger partial charge is 0.394 e. The Morgan fingerprint density at radius 1 is 0.421 bits per heavy atom. The van der Waals surface area contributed by atoms with Crippen molar-refractivity contribution in [3.05, 3.63) is 24.3 Å². The van der Waals surface area contributed by atoms with E-state index in [1.54, 1.807) is 6.08 Å². The van der Waals surface area contributed by atoms with Crippen LogP contribution in [0.15, 0.2) is 24.3 Å². The molecular weight excluding hydrogens is 703 g/mol. The third-order valence-corrected chi connectivity index (χ3v) is 12.0. The smallest absolute Gasteiger partial charge is 0.249 e. The van der Waals surface area contributed by atoms with Crippen molar-refractivity contribution < 1.29 is 20.1 Å². The van der Waals surface area contributed by atoms with E-state index >= 15 is 0 Å². The van der Waals surface area contributed by atoms with Gasteiger partial charge in [-0.05, 0) is 32.1 Å². The van der Waals surface area contributed by atoms with Crippen LogP contribution in [-0.2, 0) is 4.79 Å². The fourth-order valence-electron chi connectivity index (χ4n) is 8.03. The molecule has 5 nitrogen and oxygen atoms in total. The summed E-state index contributed by atoms with van der Waals surface area (Å²) in [4.78, 5) is 12.5.